The van der Waals surface area contributed by atoms with E-state index in [-0.39, 0.29) is 30.0 Å². The van der Waals surface area contributed by atoms with Crippen LogP contribution in [0.15, 0.2) is 6.07 Å². The Hall–Kier alpha value is -1.83. The van der Waals surface area contributed by atoms with E-state index in [0.29, 0.717) is 0 Å². The molecule has 0 atom stereocenters. The van der Waals surface area contributed by atoms with Gasteiger partial charge in [-0.25, -0.2) is 4.98 Å². The first-order chi connectivity index (χ1) is 7.91. The highest BCUT2D eigenvalue weighted by Gasteiger charge is 2.33. The lowest BCUT2D eigenvalue weighted by atomic mass is 10.2. The maximum absolute atomic E-state index is 12.1. The number of pyridine rings is 1. The van der Waals surface area contributed by atoms with Crippen molar-refractivity contribution in [1.82, 2.24) is 4.98 Å². The molecule has 17 heavy (non-hydrogen) atoms. The largest absolute Gasteiger partial charge is 0.573 e. The number of carbonyl (C=O) groups is 1. The Balaban J connectivity index is 3.29. The maximum atomic E-state index is 12.1. The Labute approximate surface area is 94.3 Å². The van der Waals surface area contributed by atoms with Crippen molar-refractivity contribution in [3.05, 3.63) is 17.3 Å². The molecule has 0 saturated heterocycles. The average Bonchev–Trinajstić information content (AvgIpc) is 2.25. The number of nitrogens with zero attached hydrogens (tertiary/aromatic N) is 1. The highest BCUT2D eigenvalue weighted by Crippen LogP contribution is 2.30. The van der Waals surface area contributed by atoms with Gasteiger partial charge in [0.25, 0.3) is 0 Å². The fourth-order valence-electron chi connectivity index (χ4n) is 1.17. The first-order valence-electron chi connectivity index (χ1n) is 4.40. The lowest BCUT2D eigenvalue weighted by Crippen LogP contribution is -2.20. The van der Waals surface area contributed by atoms with Crippen LogP contribution in [0.2, 0.25) is 0 Å². The number of aldehydes is 1. The predicted molar refractivity (Wildman–Crippen MR) is 50.8 cm³/mol. The number of alkyl halides is 3. The molecule has 0 aliphatic carbocycles. The van der Waals surface area contributed by atoms with Gasteiger partial charge in [0.1, 0.15) is 11.4 Å². The van der Waals surface area contributed by atoms with Gasteiger partial charge in [-0.3, -0.25) is 4.79 Å². The number of halogens is 3. The van der Waals surface area contributed by atoms with Gasteiger partial charge >= 0.3 is 6.36 Å². The summed E-state index contributed by atoms with van der Waals surface area (Å²) in [7, 11) is 1.20. The van der Waals surface area contributed by atoms with Crippen molar-refractivity contribution in [2.45, 2.75) is 12.9 Å². The zero-order valence-corrected chi connectivity index (χ0v) is 8.75. The molecule has 8 heteroatoms. The van der Waals surface area contributed by atoms with E-state index >= 15 is 0 Å². The van der Waals surface area contributed by atoms with E-state index in [2.05, 4.69) is 14.5 Å². The van der Waals surface area contributed by atoms with E-state index < -0.39 is 12.1 Å². The summed E-state index contributed by atoms with van der Waals surface area (Å²) in [5.41, 5.74) is 4.88. The molecule has 0 fully saturated rings. The molecule has 0 aromatic carbocycles. The summed E-state index contributed by atoms with van der Waals surface area (Å²) < 4.78 is 44.8. The van der Waals surface area contributed by atoms with Crippen molar-refractivity contribution in [1.29, 1.82) is 0 Å². The van der Waals surface area contributed by atoms with E-state index in [0.717, 1.165) is 6.07 Å². The normalized spacial score (nSPS) is 11.1. The summed E-state index contributed by atoms with van der Waals surface area (Å²) in [5.74, 6) is -0.752. The summed E-state index contributed by atoms with van der Waals surface area (Å²) in [6, 6.07) is 0.919. The SMILES string of the molecule is COc1cc(OC(F)(F)F)c(CN)c(C=O)n1. The van der Waals surface area contributed by atoms with Crippen LogP contribution in [0.3, 0.4) is 0 Å². The highest BCUT2D eigenvalue weighted by atomic mass is 19.4. The zero-order chi connectivity index (χ0) is 13.1. The Morgan fingerprint density at radius 1 is 1.53 bits per heavy atom. The van der Waals surface area contributed by atoms with Gasteiger partial charge < -0.3 is 15.2 Å². The molecule has 0 amide bonds. The molecule has 1 aromatic heterocycles. The number of ether oxygens (including phenoxy) is 2. The minimum atomic E-state index is -4.88. The third-order valence-corrected chi connectivity index (χ3v) is 1.84. The fourth-order valence-corrected chi connectivity index (χ4v) is 1.17. The molecular formula is C9H9F3N2O3. The number of hydrogen-bond acceptors (Lipinski definition) is 5. The standard InChI is InChI=1S/C9H9F3N2O3/c1-16-8-2-7(17-9(10,11)12)5(3-13)6(4-15)14-8/h2,4H,3,13H2,1H3. The summed E-state index contributed by atoms with van der Waals surface area (Å²) in [6.07, 6.45) is -4.59. The molecular weight excluding hydrogens is 241 g/mol. The van der Waals surface area contributed by atoms with Crippen LogP contribution in [0, 0.1) is 0 Å². The van der Waals surface area contributed by atoms with Crippen LogP contribution >= 0.6 is 0 Å². The van der Waals surface area contributed by atoms with Gasteiger partial charge in [0.05, 0.1) is 7.11 Å². The van der Waals surface area contributed by atoms with E-state index in [1.54, 1.807) is 0 Å². The average molecular weight is 250 g/mol. The van der Waals surface area contributed by atoms with Crippen molar-refractivity contribution in [3.63, 3.8) is 0 Å². The topological polar surface area (TPSA) is 74.4 Å². The zero-order valence-electron chi connectivity index (χ0n) is 8.75. The number of hydrogen-bond donors (Lipinski definition) is 1. The van der Waals surface area contributed by atoms with Gasteiger partial charge in [-0.05, 0) is 0 Å². The van der Waals surface area contributed by atoms with Crippen LogP contribution in [0.4, 0.5) is 13.2 Å². The Kier molecular flexibility index (Phi) is 3.89. The van der Waals surface area contributed by atoms with Crippen LogP contribution in [0.5, 0.6) is 11.6 Å². The number of aromatic nitrogens is 1. The Morgan fingerprint density at radius 3 is 2.59 bits per heavy atom. The third kappa shape index (κ3) is 3.31. The molecule has 0 bridgehead atoms. The quantitative estimate of drug-likeness (QED) is 0.814. The second-order valence-electron chi connectivity index (χ2n) is 2.90. The molecule has 1 heterocycles. The second-order valence-corrected chi connectivity index (χ2v) is 2.90. The number of nitrogens with two attached hydrogens (primary N) is 1. The summed E-state index contributed by atoms with van der Waals surface area (Å²) in [6.45, 7) is -0.309. The Morgan fingerprint density at radius 2 is 2.18 bits per heavy atom. The molecule has 0 spiro atoms. The smallest absolute Gasteiger partial charge is 0.481 e. The van der Waals surface area contributed by atoms with E-state index in [1.807, 2.05) is 0 Å². The second kappa shape index (κ2) is 5.00. The van der Waals surface area contributed by atoms with Gasteiger partial charge in [0.15, 0.2) is 6.29 Å². The molecule has 1 aromatic rings. The molecule has 0 aliphatic heterocycles. The number of rotatable bonds is 4. The predicted octanol–water partition coefficient (Wildman–Crippen LogP) is 1.26. The van der Waals surface area contributed by atoms with Crippen LogP contribution in [-0.4, -0.2) is 24.7 Å². The van der Waals surface area contributed by atoms with Gasteiger partial charge in [-0.1, -0.05) is 0 Å². The van der Waals surface area contributed by atoms with Crippen molar-refractivity contribution >= 4 is 6.29 Å². The molecule has 5 nitrogen and oxygen atoms in total. The summed E-state index contributed by atoms with van der Waals surface area (Å²) >= 11 is 0. The van der Waals surface area contributed by atoms with Gasteiger partial charge in [-0.15, -0.1) is 13.2 Å². The monoisotopic (exact) mass is 250 g/mol. The van der Waals surface area contributed by atoms with E-state index in [9.17, 15) is 18.0 Å². The first kappa shape index (κ1) is 13.2. The summed E-state index contributed by atoms with van der Waals surface area (Å²) in [5, 5.41) is 0. The summed E-state index contributed by atoms with van der Waals surface area (Å²) in [4.78, 5) is 14.3. The number of methoxy groups -OCH3 is 1. The van der Waals surface area contributed by atoms with Crippen molar-refractivity contribution in [2.75, 3.05) is 7.11 Å². The molecule has 0 saturated carbocycles. The van der Waals surface area contributed by atoms with Crippen LogP contribution < -0.4 is 15.2 Å². The van der Waals surface area contributed by atoms with Crippen molar-refractivity contribution < 1.29 is 27.4 Å². The highest BCUT2D eigenvalue weighted by molar-refractivity contribution is 5.76. The van der Waals surface area contributed by atoms with E-state index in [1.165, 1.54) is 7.11 Å². The molecule has 0 unspecified atom stereocenters. The lowest BCUT2D eigenvalue weighted by Gasteiger charge is -2.14. The molecule has 94 valence electrons. The van der Waals surface area contributed by atoms with Crippen LogP contribution in [0.1, 0.15) is 16.1 Å². The lowest BCUT2D eigenvalue weighted by molar-refractivity contribution is -0.274. The molecule has 1 rings (SSSR count). The fraction of sp³-hybridized carbons (Fsp3) is 0.333. The molecule has 0 radical (unpaired) electrons. The Bertz CT molecular complexity index is 421. The van der Waals surface area contributed by atoms with Gasteiger partial charge in [0.2, 0.25) is 5.88 Å². The van der Waals surface area contributed by atoms with Gasteiger partial charge in [0, 0.05) is 18.2 Å². The minimum absolute atomic E-state index is 0.127. The number of carbonyl (C=O) groups excluding carboxylic acids is 1. The minimum Gasteiger partial charge on any atom is -0.481 e. The van der Waals surface area contributed by atoms with Crippen molar-refractivity contribution in [2.24, 2.45) is 5.73 Å². The van der Waals surface area contributed by atoms with Crippen LogP contribution in [0.25, 0.3) is 0 Å². The first-order valence-corrected chi connectivity index (χ1v) is 4.40. The third-order valence-electron chi connectivity index (χ3n) is 1.84. The molecule has 0 aliphatic rings. The maximum Gasteiger partial charge on any atom is 0.573 e. The van der Waals surface area contributed by atoms with Crippen molar-refractivity contribution in [3.8, 4) is 11.6 Å². The van der Waals surface area contributed by atoms with E-state index in [4.69, 9.17) is 5.73 Å². The van der Waals surface area contributed by atoms with Gasteiger partial charge in [-0.2, -0.15) is 0 Å². The molecule has 2 N–H and O–H groups in total. The van der Waals surface area contributed by atoms with Crippen LogP contribution in [-0.2, 0) is 6.54 Å².